The van der Waals surface area contributed by atoms with Crippen molar-refractivity contribution in [2.24, 2.45) is 0 Å². The maximum atomic E-state index is 2.45. The van der Waals surface area contributed by atoms with Crippen LogP contribution in [0.25, 0.3) is 0 Å². The number of hydrogen-bond acceptors (Lipinski definition) is 1. The second-order valence-corrected chi connectivity index (χ2v) is 3.62. The molecule has 1 nitrogen and oxygen atoms in total. The zero-order valence-electron chi connectivity index (χ0n) is 8.56. The summed E-state index contributed by atoms with van der Waals surface area (Å²) in [5.41, 5.74) is 1.39. The molecule has 0 spiro atoms. The van der Waals surface area contributed by atoms with Crippen LogP contribution < -0.4 is 0 Å². The standard InChI is InChI=1S/C13H16N.Li.H/c1-2-14(13-9-6-10-13)11-12-7-4-3-5-8-12;;/h3-10,13H,2,11H2,1H3;;. The third-order valence-electron chi connectivity index (χ3n) is 2.67. The van der Waals surface area contributed by atoms with E-state index in [0.29, 0.717) is 6.04 Å². The average Bonchev–Trinajstić information content (AvgIpc) is 2.15. The van der Waals surface area contributed by atoms with Gasteiger partial charge in [0.2, 0.25) is 0 Å². The van der Waals surface area contributed by atoms with Crippen LogP contribution >= 0.6 is 0 Å². The van der Waals surface area contributed by atoms with Gasteiger partial charge in [-0.25, -0.2) is 0 Å². The minimum absolute atomic E-state index is 0. The Labute approximate surface area is 104 Å². The van der Waals surface area contributed by atoms with Crippen molar-refractivity contribution in [2.75, 3.05) is 6.54 Å². The van der Waals surface area contributed by atoms with Crippen LogP contribution in [0.3, 0.4) is 0 Å². The molecule has 1 aromatic rings. The van der Waals surface area contributed by atoms with Crippen molar-refractivity contribution in [1.29, 1.82) is 0 Å². The van der Waals surface area contributed by atoms with Gasteiger partial charge in [0, 0.05) is 19.0 Å². The Hall–Kier alpha value is -0.483. The Balaban J connectivity index is 0.00000112. The quantitative estimate of drug-likeness (QED) is 0.663. The normalized spacial score (nSPS) is 18.4. The van der Waals surface area contributed by atoms with Gasteiger partial charge >= 0.3 is 18.9 Å². The van der Waals surface area contributed by atoms with Crippen LogP contribution in [0.1, 0.15) is 12.5 Å². The molecule has 0 N–H and O–H groups in total. The van der Waals surface area contributed by atoms with Crippen molar-refractivity contribution in [2.45, 2.75) is 19.5 Å². The molecule has 1 aromatic carbocycles. The van der Waals surface area contributed by atoms with Crippen molar-refractivity contribution in [3.63, 3.8) is 0 Å². The van der Waals surface area contributed by atoms with E-state index in [9.17, 15) is 0 Å². The van der Waals surface area contributed by atoms with Crippen molar-refractivity contribution >= 4 is 18.9 Å². The molecule has 0 aromatic heterocycles. The molecular formula is C13H17LiN. The first kappa shape index (κ1) is 12.6. The molecule has 0 amide bonds. The summed E-state index contributed by atoms with van der Waals surface area (Å²) in [6.45, 7) is 4.35. The fraction of sp³-hybridized carbons (Fsp3) is 0.308. The summed E-state index contributed by atoms with van der Waals surface area (Å²) in [5.74, 6) is 0. The summed E-state index contributed by atoms with van der Waals surface area (Å²) in [6, 6.07) is 11.2. The van der Waals surface area contributed by atoms with Crippen molar-refractivity contribution in [3.05, 3.63) is 54.5 Å². The first-order valence-corrected chi connectivity index (χ1v) is 5.20. The van der Waals surface area contributed by atoms with Gasteiger partial charge in [-0.05, 0) is 12.1 Å². The second kappa shape index (κ2) is 6.18. The van der Waals surface area contributed by atoms with Gasteiger partial charge in [-0.15, -0.1) is 0 Å². The van der Waals surface area contributed by atoms with Gasteiger partial charge in [0.25, 0.3) is 0 Å². The van der Waals surface area contributed by atoms with Gasteiger partial charge in [0.1, 0.15) is 0 Å². The van der Waals surface area contributed by atoms with Crippen molar-refractivity contribution in [3.8, 4) is 0 Å². The number of rotatable bonds is 4. The van der Waals surface area contributed by atoms with E-state index in [1.165, 1.54) is 5.56 Å². The minimum atomic E-state index is 0. The average molecular weight is 194 g/mol. The molecule has 1 aliphatic rings. The monoisotopic (exact) mass is 194 g/mol. The fourth-order valence-electron chi connectivity index (χ4n) is 1.70. The second-order valence-electron chi connectivity index (χ2n) is 3.62. The predicted molar refractivity (Wildman–Crippen MR) is 66.9 cm³/mol. The van der Waals surface area contributed by atoms with E-state index >= 15 is 0 Å². The van der Waals surface area contributed by atoms with E-state index in [-0.39, 0.29) is 18.9 Å². The molecular weight excluding hydrogens is 177 g/mol. The van der Waals surface area contributed by atoms with E-state index < -0.39 is 0 Å². The summed E-state index contributed by atoms with van der Waals surface area (Å²) < 4.78 is 0. The molecule has 75 valence electrons. The topological polar surface area (TPSA) is 3.24 Å². The predicted octanol–water partition coefficient (Wildman–Crippen LogP) is 2.00. The first-order chi connectivity index (χ1) is 6.90. The molecule has 0 aliphatic heterocycles. The third-order valence-corrected chi connectivity index (χ3v) is 2.67. The number of nitrogens with zero attached hydrogens (tertiary/aromatic N) is 1. The molecule has 1 atom stereocenters. The Morgan fingerprint density at radius 1 is 1.20 bits per heavy atom. The van der Waals surface area contributed by atoms with Gasteiger partial charge < -0.3 is 0 Å². The van der Waals surface area contributed by atoms with E-state index in [2.05, 4.69) is 60.7 Å². The summed E-state index contributed by atoms with van der Waals surface area (Å²) in [4.78, 5) is 2.45. The molecule has 0 heterocycles. The zero-order chi connectivity index (χ0) is 9.80. The van der Waals surface area contributed by atoms with Crippen LogP contribution in [-0.4, -0.2) is 36.3 Å². The van der Waals surface area contributed by atoms with Crippen LogP contribution in [0.15, 0.2) is 42.5 Å². The van der Waals surface area contributed by atoms with E-state index in [0.717, 1.165) is 13.1 Å². The molecule has 1 radical (unpaired) electrons. The summed E-state index contributed by atoms with van der Waals surface area (Å²) in [5, 5.41) is 0. The maximum absolute atomic E-state index is 2.45. The first-order valence-electron chi connectivity index (χ1n) is 5.20. The molecule has 2 heteroatoms. The molecule has 1 aliphatic carbocycles. The van der Waals surface area contributed by atoms with E-state index in [4.69, 9.17) is 0 Å². The molecule has 0 saturated heterocycles. The Bertz CT molecular complexity index is 308. The van der Waals surface area contributed by atoms with Gasteiger partial charge in [-0.2, -0.15) is 0 Å². The van der Waals surface area contributed by atoms with Crippen LogP contribution in [0.2, 0.25) is 0 Å². The summed E-state index contributed by atoms with van der Waals surface area (Å²) >= 11 is 0. The van der Waals surface area contributed by atoms with Gasteiger partial charge in [-0.1, -0.05) is 49.4 Å². The third kappa shape index (κ3) is 3.24. The number of likely N-dealkylation sites (N-methyl/N-ethyl adjacent to an activating group) is 1. The summed E-state index contributed by atoms with van der Waals surface area (Å²) in [6.07, 6.45) is 6.61. The zero-order valence-corrected chi connectivity index (χ0v) is 8.56. The molecule has 0 saturated carbocycles. The number of hydrogen-bond donors (Lipinski definition) is 0. The van der Waals surface area contributed by atoms with Crippen molar-refractivity contribution in [1.82, 2.24) is 4.90 Å². The fourth-order valence-corrected chi connectivity index (χ4v) is 1.70. The van der Waals surface area contributed by atoms with Crippen LogP contribution in [-0.2, 0) is 6.54 Å². The van der Waals surface area contributed by atoms with Gasteiger partial charge in [0.05, 0.1) is 0 Å². The van der Waals surface area contributed by atoms with Crippen LogP contribution in [0.4, 0.5) is 0 Å². The Kier molecular flexibility index (Phi) is 5.18. The summed E-state index contributed by atoms with van der Waals surface area (Å²) in [7, 11) is 0. The molecule has 15 heavy (non-hydrogen) atoms. The van der Waals surface area contributed by atoms with Crippen LogP contribution in [0, 0.1) is 6.42 Å². The molecule has 0 fully saturated rings. The SMILES string of the molecule is CCN(Cc1ccccc1)C1[CH]C=C1.[LiH]. The Morgan fingerprint density at radius 2 is 1.87 bits per heavy atom. The van der Waals surface area contributed by atoms with Crippen molar-refractivity contribution < 1.29 is 0 Å². The molecule has 1 unspecified atom stereocenters. The molecule has 0 bridgehead atoms. The van der Waals surface area contributed by atoms with Crippen LogP contribution in [0.5, 0.6) is 0 Å². The van der Waals surface area contributed by atoms with E-state index in [1.54, 1.807) is 0 Å². The molecule has 2 rings (SSSR count). The van der Waals surface area contributed by atoms with E-state index in [1.807, 2.05) is 0 Å². The number of benzene rings is 1. The van der Waals surface area contributed by atoms with Gasteiger partial charge in [0.15, 0.2) is 0 Å². The van der Waals surface area contributed by atoms with Gasteiger partial charge in [-0.3, -0.25) is 4.90 Å². The Morgan fingerprint density at radius 3 is 2.33 bits per heavy atom.